The molecule has 33 heavy (non-hydrogen) atoms. The first-order valence-electron chi connectivity index (χ1n) is 12.2. The molecular formula is C25H34N6OS. The summed E-state index contributed by atoms with van der Waals surface area (Å²) < 4.78 is 1.95. The van der Waals surface area contributed by atoms with Gasteiger partial charge >= 0.3 is 0 Å². The highest BCUT2D eigenvalue weighted by atomic mass is 32.1. The van der Waals surface area contributed by atoms with Gasteiger partial charge in [-0.05, 0) is 33.6 Å². The molecule has 8 heteroatoms. The number of hydrogen-bond donors (Lipinski definition) is 1. The molecule has 1 N–H and O–H groups in total. The average molecular weight is 467 g/mol. The van der Waals surface area contributed by atoms with E-state index < -0.39 is 0 Å². The number of imidazole rings is 1. The van der Waals surface area contributed by atoms with Crippen LogP contribution in [0, 0.1) is 5.92 Å². The van der Waals surface area contributed by atoms with Gasteiger partial charge in [0.05, 0.1) is 0 Å². The minimum absolute atomic E-state index is 0.117. The van der Waals surface area contributed by atoms with E-state index in [9.17, 15) is 4.79 Å². The Labute approximate surface area is 199 Å². The van der Waals surface area contributed by atoms with Crippen LogP contribution in [0.15, 0.2) is 30.3 Å². The Balaban J connectivity index is 1.35. The van der Waals surface area contributed by atoms with Crippen molar-refractivity contribution in [2.75, 3.05) is 36.4 Å². The van der Waals surface area contributed by atoms with E-state index in [0.29, 0.717) is 5.91 Å². The highest BCUT2D eigenvalue weighted by Crippen LogP contribution is 2.35. The molecule has 2 aromatic heterocycles. The quantitative estimate of drug-likeness (QED) is 0.593. The second-order valence-corrected chi connectivity index (χ2v) is 11.2. The van der Waals surface area contributed by atoms with E-state index in [-0.39, 0.29) is 11.5 Å². The van der Waals surface area contributed by atoms with E-state index in [1.807, 2.05) is 22.7 Å². The highest BCUT2D eigenvalue weighted by Gasteiger charge is 2.30. The van der Waals surface area contributed by atoms with Gasteiger partial charge in [-0.25, -0.2) is 4.98 Å². The fraction of sp³-hybridized carbons (Fsp3) is 0.560. The number of amides is 1. The van der Waals surface area contributed by atoms with Crippen molar-refractivity contribution in [3.63, 3.8) is 0 Å². The number of anilines is 2. The Morgan fingerprint density at radius 2 is 1.73 bits per heavy atom. The van der Waals surface area contributed by atoms with Gasteiger partial charge in [-0.1, -0.05) is 60.9 Å². The minimum Gasteiger partial charge on any atom is -0.364 e. The minimum atomic E-state index is -0.117. The number of carbonyl (C=O) groups is 1. The van der Waals surface area contributed by atoms with Crippen LogP contribution >= 0.6 is 11.3 Å². The molecule has 176 valence electrons. The normalized spacial score (nSPS) is 18.2. The lowest BCUT2D eigenvalue weighted by Gasteiger charge is -2.36. The van der Waals surface area contributed by atoms with Crippen molar-refractivity contribution in [3.8, 4) is 11.3 Å². The van der Waals surface area contributed by atoms with Crippen LogP contribution in [-0.2, 0) is 4.79 Å². The van der Waals surface area contributed by atoms with Crippen molar-refractivity contribution in [2.24, 2.45) is 5.92 Å². The summed E-state index contributed by atoms with van der Waals surface area (Å²) in [6, 6.07) is 10.3. The Bertz CT molecular complexity index is 1100. The van der Waals surface area contributed by atoms with Crippen LogP contribution in [0.4, 0.5) is 10.9 Å². The van der Waals surface area contributed by atoms with Crippen LogP contribution < -0.4 is 10.2 Å². The Hall–Kier alpha value is -2.61. The maximum Gasteiger partial charge on any atom is 0.225 e. The molecule has 0 atom stereocenters. The van der Waals surface area contributed by atoms with Gasteiger partial charge in [0.1, 0.15) is 5.69 Å². The molecule has 1 aromatic carbocycles. The van der Waals surface area contributed by atoms with E-state index in [1.54, 1.807) is 11.3 Å². The van der Waals surface area contributed by atoms with Crippen molar-refractivity contribution in [1.82, 2.24) is 19.5 Å². The maximum absolute atomic E-state index is 12.9. The second-order valence-electron chi connectivity index (χ2n) is 10.3. The topological polar surface area (TPSA) is 65.8 Å². The lowest BCUT2D eigenvalue weighted by Crippen LogP contribution is -2.50. The number of hydrogen-bond acceptors (Lipinski definition) is 6. The largest absolute Gasteiger partial charge is 0.364 e. The van der Waals surface area contributed by atoms with E-state index in [1.165, 1.54) is 19.3 Å². The van der Waals surface area contributed by atoms with Crippen molar-refractivity contribution >= 4 is 33.2 Å². The van der Waals surface area contributed by atoms with Gasteiger partial charge in [-0.2, -0.15) is 4.52 Å². The molecule has 2 aliphatic rings. The van der Waals surface area contributed by atoms with Crippen molar-refractivity contribution in [1.29, 1.82) is 0 Å². The second kappa shape index (κ2) is 8.97. The Morgan fingerprint density at radius 1 is 1.03 bits per heavy atom. The molecule has 1 saturated carbocycles. The van der Waals surface area contributed by atoms with Gasteiger partial charge in [0.2, 0.25) is 16.0 Å². The zero-order chi connectivity index (χ0) is 23.0. The zero-order valence-corrected chi connectivity index (χ0v) is 20.7. The average Bonchev–Trinajstić information content (AvgIpc) is 3.38. The SMILES string of the molecule is CC(C)(C)Nc1c(-c2ccccc2)nc2sc(N3CCN(C(=O)C4CCCCC4)CC3)nn12. The predicted octanol–water partition coefficient (Wildman–Crippen LogP) is 4.90. The number of nitrogens with one attached hydrogen (secondary N) is 1. The monoisotopic (exact) mass is 466 g/mol. The summed E-state index contributed by atoms with van der Waals surface area (Å²) in [6.45, 7) is 9.65. The van der Waals surface area contributed by atoms with Crippen molar-refractivity contribution in [2.45, 2.75) is 58.4 Å². The highest BCUT2D eigenvalue weighted by molar-refractivity contribution is 7.20. The summed E-state index contributed by atoms with van der Waals surface area (Å²) >= 11 is 1.62. The summed E-state index contributed by atoms with van der Waals surface area (Å²) in [4.78, 5) is 23.1. The predicted molar refractivity (Wildman–Crippen MR) is 135 cm³/mol. The molecule has 2 fully saturated rings. The van der Waals surface area contributed by atoms with Gasteiger partial charge in [0, 0.05) is 43.2 Å². The van der Waals surface area contributed by atoms with Crippen molar-refractivity contribution in [3.05, 3.63) is 30.3 Å². The molecule has 0 bridgehead atoms. The van der Waals surface area contributed by atoms with Gasteiger partial charge in [-0.3, -0.25) is 4.79 Å². The fourth-order valence-corrected chi connectivity index (χ4v) is 5.81. The van der Waals surface area contributed by atoms with Gasteiger partial charge in [0.25, 0.3) is 0 Å². The number of fused-ring (bicyclic) bond motifs is 1. The number of rotatable bonds is 4. The Morgan fingerprint density at radius 3 is 2.39 bits per heavy atom. The lowest BCUT2D eigenvalue weighted by atomic mass is 9.88. The van der Waals surface area contributed by atoms with Crippen LogP contribution in [0.2, 0.25) is 0 Å². The molecule has 5 rings (SSSR count). The summed E-state index contributed by atoms with van der Waals surface area (Å²) in [5.74, 6) is 1.54. The zero-order valence-electron chi connectivity index (χ0n) is 19.9. The van der Waals surface area contributed by atoms with Gasteiger partial charge in [0.15, 0.2) is 5.82 Å². The van der Waals surface area contributed by atoms with Gasteiger partial charge < -0.3 is 15.1 Å². The number of benzene rings is 1. The maximum atomic E-state index is 12.9. The number of nitrogens with zero attached hydrogens (tertiary/aromatic N) is 5. The van der Waals surface area contributed by atoms with Crippen LogP contribution in [-0.4, -0.2) is 57.1 Å². The molecule has 3 aromatic rings. The summed E-state index contributed by atoms with van der Waals surface area (Å²) in [7, 11) is 0. The van der Waals surface area contributed by atoms with Crippen LogP contribution in [0.5, 0.6) is 0 Å². The summed E-state index contributed by atoms with van der Waals surface area (Å²) in [6.07, 6.45) is 5.81. The molecule has 3 heterocycles. The van der Waals surface area contributed by atoms with Crippen LogP contribution in [0.25, 0.3) is 16.2 Å². The smallest absolute Gasteiger partial charge is 0.225 e. The van der Waals surface area contributed by atoms with E-state index in [0.717, 1.165) is 66.2 Å². The molecule has 0 radical (unpaired) electrons. The first-order chi connectivity index (χ1) is 15.9. The van der Waals surface area contributed by atoms with Crippen LogP contribution in [0.3, 0.4) is 0 Å². The molecule has 1 aliphatic heterocycles. The van der Waals surface area contributed by atoms with Gasteiger partial charge in [-0.15, -0.1) is 5.10 Å². The molecule has 1 aliphatic carbocycles. The molecule has 0 spiro atoms. The third kappa shape index (κ3) is 4.71. The van der Waals surface area contributed by atoms with Crippen molar-refractivity contribution < 1.29 is 4.79 Å². The third-order valence-electron chi connectivity index (χ3n) is 6.55. The summed E-state index contributed by atoms with van der Waals surface area (Å²) in [5.41, 5.74) is 1.89. The molecule has 1 amide bonds. The van der Waals surface area contributed by atoms with E-state index >= 15 is 0 Å². The van der Waals surface area contributed by atoms with E-state index in [4.69, 9.17) is 10.1 Å². The lowest BCUT2D eigenvalue weighted by molar-refractivity contribution is -0.136. The first-order valence-corrected chi connectivity index (χ1v) is 13.0. The number of aromatic nitrogens is 3. The van der Waals surface area contributed by atoms with Crippen LogP contribution in [0.1, 0.15) is 52.9 Å². The summed E-state index contributed by atoms with van der Waals surface area (Å²) in [5, 5.41) is 9.55. The number of carbonyl (C=O) groups excluding carboxylic acids is 1. The van der Waals surface area contributed by atoms with E-state index in [2.05, 4.69) is 48.0 Å². The molecule has 0 unspecified atom stereocenters. The molecular weight excluding hydrogens is 432 g/mol. The fourth-order valence-electron chi connectivity index (χ4n) is 4.86. The number of piperazine rings is 1. The Kier molecular flexibility index (Phi) is 6.03. The third-order valence-corrected chi connectivity index (χ3v) is 7.52. The molecule has 7 nitrogen and oxygen atoms in total. The first kappa shape index (κ1) is 22.2. The molecule has 1 saturated heterocycles. The standard InChI is InChI=1S/C25H34N6OS/c1-25(2,3)27-21-20(18-10-6-4-7-11-18)26-23-31(21)28-24(33-23)30-16-14-29(15-17-30)22(32)19-12-8-5-9-13-19/h4,6-7,10-11,19,27H,5,8-9,12-17H2,1-3H3.